The Morgan fingerprint density at radius 1 is 1.17 bits per heavy atom. The van der Waals surface area contributed by atoms with E-state index in [2.05, 4.69) is 15.1 Å². The smallest absolute Gasteiger partial charge is 0.248 e. The van der Waals surface area contributed by atoms with E-state index in [-0.39, 0.29) is 17.6 Å². The Kier molecular flexibility index (Phi) is 5.29. The molecule has 2 aromatic carbocycles. The normalized spacial score (nSPS) is 10.8. The topological polar surface area (TPSA) is 72.1 Å². The van der Waals surface area contributed by atoms with Crippen LogP contribution in [0.1, 0.15) is 12.5 Å². The van der Waals surface area contributed by atoms with E-state index < -0.39 is 0 Å². The lowest BCUT2D eigenvalue weighted by Gasteiger charge is -2.20. The van der Waals surface area contributed by atoms with Crippen LogP contribution in [0.25, 0.3) is 22.5 Å². The van der Waals surface area contributed by atoms with Gasteiger partial charge in [0.1, 0.15) is 17.8 Å². The highest BCUT2D eigenvalue weighted by Crippen LogP contribution is 2.43. The summed E-state index contributed by atoms with van der Waals surface area (Å²) in [5.74, 6) is -0.491. The summed E-state index contributed by atoms with van der Waals surface area (Å²) in [5, 5.41) is 4.57. The van der Waals surface area contributed by atoms with Crippen LogP contribution in [0.4, 0.5) is 16.0 Å². The molecule has 0 aliphatic heterocycles. The van der Waals surface area contributed by atoms with Crippen LogP contribution in [0.3, 0.4) is 0 Å². The van der Waals surface area contributed by atoms with Gasteiger partial charge in [-0.3, -0.25) is 4.79 Å². The fraction of sp³-hybridized carbons (Fsp3) is 0.0909. The minimum Gasteiger partial charge on any atom is -0.336 e. The van der Waals surface area contributed by atoms with E-state index in [0.29, 0.717) is 38.8 Å². The summed E-state index contributed by atoms with van der Waals surface area (Å²) in [7, 11) is 0. The van der Waals surface area contributed by atoms with Crippen LogP contribution < -0.4 is 4.90 Å². The lowest BCUT2D eigenvalue weighted by Crippen LogP contribution is -2.23. The summed E-state index contributed by atoms with van der Waals surface area (Å²) in [6, 6.07) is 13.2. The number of nitrogens with zero attached hydrogens (tertiary/aromatic N) is 4. The molecule has 0 saturated heterocycles. The Balaban J connectivity index is 1.98. The highest BCUT2D eigenvalue weighted by molar-refractivity contribution is 6.34. The number of hydrogen-bond donors (Lipinski definition) is 0. The van der Waals surface area contributed by atoms with Gasteiger partial charge in [0.05, 0.1) is 22.0 Å². The Bertz CT molecular complexity index is 1230. The van der Waals surface area contributed by atoms with Gasteiger partial charge in [-0.1, -0.05) is 28.9 Å². The summed E-state index contributed by atoms with van der Waals surface area (Å²) in [4.78, 5) is 22.2. The van der Waals surface area contributed by atoms with Crippen LogP contribution in [0.2, 0.25) is 5.02 Å². The third-order valence-corrected chi connectivity index (χ3v) is 4.87. The molecule has 30 heavy (non-hydrogen) atoms. The monoisotopic (exact) mass is 422 g/mol. The second kappa shape index (κ2) is 8.04. The van der Waals surface area contributed by atoms with Crippen LogP contribution in [-0.4, -0.2) is 21.0 Å². The third-order valence-electron chi connectivity index (χ3n) is 4.55. The van der Waals surface area contributed by atoms with Crippen LogP contribution in [-0.2, 0) is 4.79 Å². The van der Waals surface area contributed by atoms with Crippen molar-refractivity contribution in [2.75, 3.05) is 4.90 Å². The molecular formula is C22H16ClFN4O2. The molecule has 4 rings (SSSR count). The second-order valence-electron chi connectivity index (χ2n) is 6.58. The van der Waals surface area contributed by atoms with Gasteiger partial charge >= 0.3 is 0 Å². The van der Waals surface area contributed by atoms with Crippen LogP contribution in [0, 0.1) is 12.7 Å². The Morgan fingerprint density at radius 3 is 2.63 bits per heavy atom. The maximum absolute atomic E-state index is 13.8. The van der Waals surface area contributed by atoms with E-state index in [4.69, 9.17) is 16.1 Å². The molecule has 6 nitrogen and oxygen atoms in total. The number of anilines is 2. The number of benzene rings is 2. The molecule has 0 saturated carbocycles. The van der Waals surface area contributed by atoms with E-state index in [1.807, 2.05) is 0 Å². The van der Waals surface area contributed by atoms with Gasteiger partial charge < -0.3 is 4.52 Å². The molecule has 2 aromatic heterocycles. The first-order valence-electron chi connectivity index (χ1n) is 9.05. The molecule has 4 aromatic rings. The van der Waals surface area contributed by atoms with Gasteiger partial charge in [-0.25, -0.2) is 19.3 Å². The zero-order valence-electron chi connectivity index (χ0n) is 16.1. The Morgan fingerprint density at radius 2 is 1.97 bits per heavy atom. The van der Waals surface area contributed by atoms with Gasteiger partial charge in [-0.05, 0) is 48.9 Å². The van der Waals surface area contributed by atoms with Crippen molar-refractivity contribution in [3.8, 4) is 22.5 Å². The van der Waals surface area contributed by atoms with E-state index in [1.54, 1.807) is 55.6 Å². The quantitative estimate of drug-likeness (QED) is 0.429. The lowest BCUT2D eigenvalue weighted by atomic mass is 10.0. The van der Waals surface area contributed by atoms with Crippen molar-refractivity contribution in [3.05, 3.63) is 77.5 Å². The van der Waals surface area contributed by atoms with Gasteiger partial charge in [0, 0.05) is 18.7 Å². The number of aryl methyl sites for hydroxylation is 1. The Hall–Kier alpha value is -3.58. The lowest BCUT2D eigenvalue weighted by molar-refractivity contribution is -0.116. The third kappa shape index (κ3) is 3.55. The first kappa shape index (κ1) is 19.7. The molecule has 0 aliphatic rings. The average molecular weight is 423 g/mol. The summed E-state index contributed by atoms with van der Waals surface area (Å²) in [6.07, 6.45) is 2.96. The molecule has 0 fully saturated rings. The largest absolute Gasteiger partial charge is 0.336 e. The predicted molar refractivity (Wildman–Crippen MR) is 112 cm³/mol. The maximum Gasteiger partial charge on any atom is 0.248 e. The van der Waals surface area contributed by atoms with Gasteiger partial charge in [-0.15, -0.1) is 0 Å². The SMILES string of the molecule is CC(=O)N(c1ccccc1Cl)c1onc(-c2ccc(F)c(C)c2)c1-c1ccncn1. The van der Waals surface area contributed by atoms with Crippen LogP contribution in [0.5, 0.6) is 0 Å². The standard InChI is InChI=1S/C22H16ClFN4O2/c1-13-11-15(7-8-17(13)24)21-20(18-9-10-25-12-26-18)22(30-27-21)28(14(2)29)19-6-4-3-5-16(19)23/h3-12H,1-2H3. The maximum atomic E-state index is 13.8. The van der Waals surface area contributed by atoms with E-state index in [1.165, 1.54) is 24.2 Å². The van der Waals surface area contributed by atoms with Gasteiger partial charge in [0.25, 0.3) is 0 Å². The summed E-state index contributed by atoms with van der Waals surface area (Å²) in [6.45, 7) is 3.06. The zero-order valence-corrected chi connectivity index (χ0v) is 16.9. The van der Waals surface area contributed by atoms with Gasteiger partial charge in [-0.2, -0.15) is 0 Å². The van der Waals surface area contributed by atoms with Crippen molar-refractivity contribution in [2.24, 2.45) is 0 Å². The van der Waals surface area contributed by atoms with Crippen molar-refractivity contribution in [3.63, 3.8) is 0 Å². The number of carbonyl (C=O) groups excluding carboxylic acids is 1. The molecule has 8 heteroatoms. The molecule has 150 valence electrons. The fourth-order valence-corrected chi connectivity index (χ4v) is 3.37. The minimum absolute atomic E-state index is 0.159. The highest BCUT2D eigenvalue weighted by Gasteiger charge is 2.29. The van der Waals surface area contributed by atoms with Crippen molar-refractivity contribution in [2.45, 2.75) is 13.8 Å². The number of halogens is 2. The highest BCUT2D eigenvalue weighted by atomic mass is 35.5. The molecule has 1 amide bonds. The van der Waals surface area contributed by atoms with Gasteiger partial charge in [0.15, 0.2) is 0 Å². The number of amides is 1. The van der Waals surface area contributed by atoms with E-state index in [9.17, 15) is 9.18 Å². The van der Waals surface area contributed by atoms with Crippen LogP contribution >= 0.6 is 11.6 Å². The molecule has 0 bridgehead atoms. The minimum atomic E-state index is -0.326. The number of carbonyl (C=O) groups is 1. The Labute approximate surface area is 176 Å². The number of hydrogen-bond acceptors (Lipinski definition) is 5. The summed E-state index contributed by atoms with van der Waals surface area (Å²) < 4.78 is 19.5. The molecule has 0 spiro atoms. The number of rotatable bonds is 4. The molecule has 0 aliphatic carbocycles. The molecule has 0 unspecified atom stereocenters. The van der Waals surface area contributed by atoms with Crippen molar-refractivity contribution in [1.82, 2.24) is 15.1 Å². The van der Waals surface area contributed by atoms with Crippen molar-refractivity contribution < 1.29 is 13.7 Å². The van der Waals surface area contributed by atoms with E-state index >= 15 is 0 Å². The first-order valence-corrected chi connectivity index (χ1v) is 9.43. The second-order valence-corrected chi connectivity index (χ2v) is 6.98. The first-order chi connectivity index (χ1) is 14.5. The fourth-order valence-electron chi connectivity index (χ4n) is 3.15. The van der Waals surface area contributed by atoms with Crippen LogP contribution in [0.15, 0.2) is 65.6 Å². The molecule has 2 heterocycles. The molecule has 0 N–H and O–H groups in total. The van der Waals surface area contributed by atoms with Crippen molar-refractivity contribution in [1.29, 1.82) is 0 Å². The summed E-state index contributed by atoms with van der Waals surface area (Å²) in [5.41, 5.74) is 2.92. The van der Waals surface area contributed by atoms with Crippen molar-refractivity contribution >= 4 is 29.1 Å². The van der Waals surface area contributed by atoms with E-state index in [0.717, 1.165) is 0 Å². The van der Waals surface area contributed by atoms with Gasteiger partial charge in [0.2, 0.25) is 11.8 Å². The molecular weight excluding hydrogens is 407 g/mol. The predicted octanol–water partition coefficient (Wildman–Crippen LogP) is 5.58. The molecule has 0 radical (unpaired) electrons. The zero-order chi connectivity index (χ0) is 21.3. The average Bonchev–Trinajstić information content (AvgIpc) is 3.16. The number of para-hydroxylation sites is 1. The number of aromatic nitrogens is 3. The molecule has 0 atom stereocenters. The summed E-state index contributed by atoms with van der Waals surface area (Å²) >= 11 is 6.35.